The Balaban J connectivity index is 1.66. The summed E-state index contributed by atoms with van der Waals surface area (Å²) >= 11 is 0. The van der Waals surface area contributed by atoms with E-state index >= 15 is 0 Å². The average molecular weight is 416 g/mol. The van der Waals surface area contributed by atoms with Gasteiger partial charge in [0.15, 0.2) is 12.6 Å². The van der Waals surface area contributed by atoms with Crippen molar-refractivity contribution in [2.24, 2.45) is 0 Å². The standard InChI is InChI=1S/C19H28O10/c20-8-12-14(23)15(24)17(29-18-16(25)13(22)11(21)9-27-18)19(28-12)26-7-6-10-4-2-1-3-5-10/h1-5,11-25H,6-9H2/t11-,12+,13+,14+,15-,16-,17+,18+,19+/m1/s1. The fourth-order valence-corrected chi connectivity index (χ4v) is 3.33. The van der Waals surface area contributed by atoms with Gasteiger partial charge in [0.25, 0.3) is 0 Å². The molecule has 2 aliphatic heterocycles. The minimum absolute atomic E-state index is 0.199. The van der Waals surface area contributed by atoms with E-state index in [1.807, 2.05) is 30.3 Å². The molecule has 164 valence electrons. The molecule has 1 aromatic carbocycles. The molecule has 2 fully saturated rings. The second kappa shape index (κ2) is 10.2. The topological polar surface area (TPSA) is 158 Å². The van der Waals surface area contributed by atoms with Crippen LogP contribution in [0.3, 0.4) is 0 Å². The molecule has 0 aromatic heterocycles. The normalized spacial score (nSPS) is 40.7. The van der Waals surface area contributed by atoms with Gasteiger partial charge in [-0.3, -0.25) is 0 Å². The van der Waals surface area contributed by atoms with E-state index in [0.717, 1.165) is 5.56 Å². The molecule has 0 amide bonds. The number of benzene rings is 1. The Morgan fingerprint density at radius 2 is 1.62 bits per heavy atom. The average Bonchev–Trinajstić information content (AvgIpc) is 2.73. The molecule has 29 heavy (non-hydrogen) atoms. The molecule has 2 heterocycles. The van der Waals surface area contributed by atoms with Crippen molar-refractivity contribution in [2.75, 3.05) is 19.8 Å². The molecular weight excluding hydrogens is 388 g/mol. The Bertz CT molecular complexity index is 616. The summed E-state index contributed by atoms with van der Waals surface area (Å²) in [6.45, 7) is -0.629. The van der Waals surface area contributed by atoms with Crippen LogP contribution in [0.1, 0.15) is 5.56 Å². The highest BCUT2D eigenvalue weighted by Crippen LogP contribution is 2.28. The van der Waals surface area contributed by atoms with Crippen LogP contribution >= 0.6 is 0 Å². The molecule has 0 aliphatic carbocycles. The van der Waals surface area contributed by atoms with Crippen molar-refractivity contribution < 1.29 is 49.6 Å². The Kier molecular flexibility index (Phi) is 7.93. The fourth-order valence-electron chi connectivity index (χ4n) is 3.33. The first-order chi connectivity index (χ1) is 13.9. The van der Waals surface area contributed by atoms with E-state index in [4.69, 9.17) is 18.9 Å². The van der Waals surface area contributed by atoms with Crippen molar-refractivity contribution in [2.45, 2.75) is 61.7 Å². The highest BCUT2D eigenvalue weighted by molar-refractivity contribution is 5.14. The molecule has 6 N–H and O–H groups in total. The van der Waals surface area contributed by atoms with Gasteiger partial charge < -0.3 is 49.6 Å². The Labute approximate surface area is 167 Å². The quantitative estimate of drug-likeness (QED) is 0.281. The van der Waals surface area contributed by atoms with Crippen LogP contribution in [-0.4, -0.2) is 106 Å². The summed E-state index contributed by atoms with van der Waals surface area (Å²) in [5.41, 5.74) is 1.02. The summed E-state index contributed by atoms with van der Waals surface area (Å²) in [4.78, 5) is 0. The van der Waals surface area contributed by atoms with Crippen molar-refractivity contribution >= 4 is 0 Å². The van der Waals surface area contributed by atoms with Crippen LogP contribution < -0.4 is 0 Å². The van der Waals surface area contributed by atoms with Crippen molar-refractivity contribution in [3.05, 3.63) is 35.9 Å². The first-order valence-electron chi connectivity index (χ1n) is 9.51. The minimum Gasteiger partial charge on any atom is -0.394 e. The summed E-state index contributed by atoms with van der Waals surface area (Å²) in [7, 11) is 0. The number of hydrogen-bond donors (Lipinski definition) is 6. The first-order valence-corrected chi connectivity index (χ1v) is 9.51. The molecule has 3 rings (SSSR count). The van der Waals surface area contributed by atoms with Gasteiger partial charge in [0.2, 0.25) is 0 Å². The summed E-state index contributed by atoms with van der Waals surface area (Å²) in [6, 6.07) is 9.52. The monoisotopic (exact) mass is 416 g/mol. The molecule has 2 saturated heterocycles. The second-order valence-electron chi connectivity index (χ2n) is 7.16. The van der Waals surface area contributed by atoms with Gasteiger partial charge in [0, 0.05) is 0 Å². The molecule has 0 bridgehead atoms. The molecule has 0 spiro atoms. The number of hydrogen-bond acceptors (Lipinski definition) is 10. The van der Waals surface area contributed by atoms with Gasteiger partial charge >= 0.3 is 0 Å². The van der Waals surface area contributed by atoms with E-state index in [1.165, 1.54) is 0 Å². The highest BCUT2D eigenvalue weighted by Gasteiger charge is 2.49. The van der Waals surface area contributed by atoms with E-state index in [1.54, 1.807) is 0 Å². The molecular formula is C19H28O10. The summed E-state index contributed by atoms with van der Waals surface area (Å²) in [6.07, 6.45) is -11.7. The number of aliphatic hydroxyl groups excluding tert-OH is 6. The predicted octanol–water partition coefficient (Wildman–Crippen LogP) is -2.49. The minimum atomic E-state index is -1.58. The molecule has 10 nitrogen and oxygen atoms in total. The van der Waals surface area contributed by atoms with Gasteiger partial charge in [0.05, 0.1) is 19.8 Å². The third-order valence-corrected chi connectivity index (χ3v) is 5.09. The highest BCUT2D eigenvalue weighted by atomic mass is 16.7. The maximum Gasteiger partial charge on any atom is 0.187 e. The Morgan fingerprint density at radius 3 is 2.31 bits per heavy atom. The smallest absolute Gasteiger partial charge is 0.187 e. The zero-order valence-electron chi connectivity index (χ0n) is 15.7. The van der Waals surface area contributed by atoms with Crippen LogP contribution in [-0.2, 0) is 25.4 Å². The molecule has 1 aromatic rings. The van der Waals surface area contributed by atoms with Crippen LogP contribution in [0.5, 0.6) is 0 Å². The Hall–Kier alpha value is -1.18. The second-order valence-corrected chi connectivity index (χ2v) is 7.16. The van der Waals surface area contributed by atoms with Crippen LogP contribution in [0.2, 0.25) is 0 Å². The molecule has 0 unspecified atom stereocenters. The van der Waals surface area contributed by atoms with E-state index in [0.29, 0.717) is 6.42 Å². The van der Waals surface area contributed by atoms with E-state index in [9.17, 15) is 30.6 Å². The van der Waals surface area contributed by atoms with Crippen molar-refractivity contribution in [3.63, 3.8) is 0 Å². The lowest BCUT2D eigenvalue weighted by Gasteiger charge is -2.44. The van der Waals surface area contributed by atoms with Gasteiger partial charge in [-0.2, -0.15) is 0 Å². The third kappa shape index (κ3) is 5.30. The third-order valence-electron chi connectivity index (χ3n) is 5.09. The lowest BCUT2D eigenvalue weighted by atomic mass is 9.98. The van der Waals surface area contributed by atoms with Crippen LogP contribution in [0.15, 0.2) is 30.3 Å². The lowest BCUT2D eigenvalue weighted by Crippen LogP contribution is -2.63. The van der Waals surface area contributed by atoms with E-state index in [2.05, 4.69) is 0 Å². The summed E-state index contributed by atoms with van der Waals surface area (Å²) in [5.74, 6) is 0. The van der Waals surface area contributed by atoms with Crippen LogP contribution in [0.25, 0.3) is 0 Å². The lowest BCUT2D eigenvalue weighted by molar-refractivity contribution is -0.356. The van der Waals surface area contributed by atoms with Gasteiger partial charge in [-0.05, 0) is 12.0 Å². The largest absolute Gasteiger partial charge is 0.394 e. The van der Waals surface area contributed by atoms with Crippen LogP contribution in [0, 0.1) is 0 Å². The molecule has 10 heteroatoms. The summed E-state index contributed by atoms with van der Waals surface area (Å²) < 4.78 is 22.0. The van der Waals surface area contributed by atoms with Crippen molar-refractivity contribution in [3.8, 4) is 0 Å². The fraction of sp³-hybridized carbons (Fsp3) is 0.684. The predicted molar refractivity (Wildman–Crippen MR) is 96.5 cm³/mol. The van der Waals surface area contributed by atoms with Gasteiger partial charge in [-0.25, -0.2) is 0 Å². The van der Waals surface area contributed by atoms with Gasteiger partial charge in [-0.15, -0.1) is 0 Å². The first kappa shape index (κ1) is 22.5. The van der Waals surface area contributed by atoms with Gasteiger partial charge in [0.1, 0.15) is 42.7 Å². The summed E-state index contributed by atoms with van der Waals surface area (Å²) in [5, 5.41) is 59.5. The van der Waals surface area contributed by atoms with Crippen molar-refractivity contribution in [1.29, 1.82) is 0 Å². The molecule has 0 saturated carbocycles. The molecule has 0 radical (unpaired) electrons. The van der Waals surface area contributed by atoms with Gasteiger partial charge in [-0.1, -0.05) is 30.3 Å². The van der Waals surface area contributed by atoms with Crippen LogP contribution in [0.4, 0.5) is 0 Å². The zero-order valence-corrected chi connectivity index (χ0v) is 15.7. The van der Waals surface area contributed by atoms with E-state index < -0.39 is 61.9 Å². The number of rotatable bonds is 7. The maximum absolute atomic E-state index is 10.5. The number of aliphatic hydroxyl groups is 6. The molecule has 2 aliphatic rings. The van der Waals surface area contributed by atoms with Crippen molar-refractivity contribution in [1.82, 2.24) is 0 Å². The Morgan fingerprint density at radius 1 is 0.897 bits per heavy atom. The SMILES string of the molecule is OC[C@@H]1O[C@H](OCCc2ccccc2)[C@@H](O[C@@H]2OC[C@@H](O)[C@H](O)[C@H]2O)[C@H](O)[C@H]1O. The maximum atomic E-state index is 10.5. The van der Waals surface area contributed by atoms with E-state index in [-0.39, 0.29) is 13.2 Å². The number of ether oxygens (including phenoxy) is 4. The molecule has 9 atom stereocenters. The zero-order chi connectivity index (χ0) is 21.0.